The Kier molecular flexibility index (Phi) is 6.07. The van der Waals surface area contributed by atoms with E-state index < -0.39 is 5.97 Å². The van der Waals surface area contributed by atoms with E-state index in [1.54, 1.807) is 0 Å². The topological polar surface area (TPSA) is 49.8 Å². The van der Waals surface area contributed by atoms with Gasteiger partial charge in [-0.05, 0) is 80.1 Å². The minimum Gasteiger partial charge on any atom is -0.491 e. The lowest BCUT2D eigenvalue weighted by molar-refractivity contribution is -0.138. The van der Waals surface area contributed by atoms with Crippen LogP contribution in [0.2, 0.25) is 0 Å². The van der Waals surface area contributed by atoms with Crippen molar-refractivity contribution in [2.24, 2.45) is 5.92 Å². The van der Waals surface area contributed by atoms with E-state index in [4.69, 9.17) is 9.84 Å². The molecule has 0 aromatic heterocycles. The molecule has 31 heavy (non-hydrogen) atoms. The Balaban J connectivity index is 1.47. The fourth-order valence-corrected chi connectivity index (χ4v) is 4.64. The number of hydrogen-bond acceptors (Lipinski definition) is 3. The highest BCUT2D eigenvalue weighted by Gasteiger charge is 2.49. The molecule has 1 atom stereocenters. The highest BCUT2D eigenvalue weighted by atomic mass is 16.5. The Morgan fingerprint density at radius 3 is 2.42 bits per heavy atom. The molecule has 1 N–H and O–H groups in total. The molecule has 1 fully saturated rings. The lowest BCUT2D eigenvalue weighted by Gasteiger charge is -2.36. The van der Waals surface area contributed by atoms with Gasteiger partial charge in [0.25, 0.3) is 0 Å². The number of carboxylic acids is 1. The average Bonchev–Trinajstić information content (AvgIpc) is 3.46. The van der Waals surface area contributed by atoms with Crippen LogP contribution < -0.4 is 4.74 Å². The average molecular weight is 418 g/mol. The van der Waals surface area contributed by atoms with Crippen molar-refractivity contribution in [3.8, 4) is 17.6 Å². The van der Waals surface area contributed by atoms with Gasteiger partial charge in [0, 0.05) is 42.6 Å². The molecule has 1 aliphatic carbocycles. The second-order valence-corrected chi connectivity index (χ2v) is 9.47. The lowest BCUT2D eigenvalue weighted by Crippen LogP contribution is -2.40. The summed E-state index contributed by atoms with van der Waals surface area (Å²) >= 11 is 0. The first kappa shape index (κ1) is 21.5. The Morgan fingerprint density at radius 2 is 1.77 bits per heavy atom. The maximum absolute atomic E-state index is 11.0. The van der Waals surface area contributed by atoms with Crippen molar-refractivity contribution in [1.82, 2.24) is 4.90 Å². The van der Waals surface area contributed by atoms with Crippen LogP contribution in [-0.4, -0.2) is 35.2 Å². The minimum atomic E-state index is -0.712. The number of hydrogen-bond donors (Lipinski definition) is 1. The molecule has 1 heterocycles. The van der Waals surface area contributed by atoms with E-state index in [2.05, 4.69) is 34.9 Å². The third-order valence-corrected chi connectivity index (χ3v) is 6.13. The molecular formula is C27H31NO3. The maximum Gasteiger partial charge on any atom is 0.303 e. The number of aliphatic carboxylic acids is 1. The molecule has 1 aliphatic heterocycles. The molecule has 162 valence electrons. The zero-order valence-electron chi connectivity index (χ0n) is 18.6. The zero-order chi connectivity index (χ0) is 22.0. The highest BCUT2D eigenvalue weighted by Crippen LogP contribution is 2.52. The molecule has 0 amide bonds. The van der Waals surface area contributed by atoms with Gasteiger partial charge >= 0.3 is 5.97 Å². The molecule has 0 radical (unpaired) electrons. The van der Waals surface area contributed by atoms with Crippen molar-refractivity contribution in [3.63, 3.8) is 0 Å². The number of benzene rings is 2. The standard InChI is InChI=1S/C27H31NO3/c1-19(2)31-24-10-7-21(8-11-24)4-5-22-6-9-23-17-28(16-20(3)14-26(29)30)18-27(12-13-27)25(23)15-22/h6-11,15,19-20H,12-14,16-18H2,1-3H3,(H,29,30). The number of rotatable bonds is 6. The zero-order valence-corrected chi connectivity index (χ0v) is 18.6. The number of fused-ring (bicyclic) bond motifs is 2. The van der Waals surface area contributed by atoms with Gasteiger partial charge in [0.2, 0.25) is 0 Å². The normalized spacial score (nSPS) is 17.5. The molecule has 2 aliphatic rings. The highest BCUT2D eigenvalue weighted by molar-refractivity contribution is 5.67. The fourth-order valence-electron chi connectivity index (χ4n) is 4.64. The van der Waals surface area contributed by atoms with Gasteiger partial charge in [0.1, 0.15) is 5.75 Å². The van der Waals surface area contributed by atoms with Gasteiger partial charge in [-0.1, -0.05) is 24.8 Å². The van der Waals surface area contributed by atoms with Crippen LogP contribution in [0, 0.1) is 17.8 Å². The van der Waals surface area contributed by atoms with Gasteiger partial charge in [-0.25, -0.2) is 0 Å². The van der Waals surface area contributed by atoms with E-state index in [-0.39, 0.29) is 23.9 Å². The van der Waals surface area contributed by atoms with Crippen LogP contribution in [-0.2, 0) is 16.8 Å². The summed E-state index contributed by atoms with van der Waals surface area (Å²) in [5.41, 5.74) is 5.09. The van der Waals surface area contributed by atoms with Crippen molar-refractivity contribution < 1.29 is 14.6 Å². The van der Waals surface area contributed by atoms with Crippen LogP contribution in [0.15, 0.2) is 42.5 Å². The van der Waals surface area contributed by atoms with Gasteiger partial charge in [-0.2, -0.15) is 0 Å². The largest absolute Gasteiger partial charge is 0.491 e. The fraction of sp³-hybridized carbons (Fsp3) is 0.444. The summed E-state index contributed by atoms with van der Waals surface area (Å²) in [6.07, 6.45) is 2.81. The van der Waals surface area contributed by atoms with Crippen LogP contribution in [0.5, 0.6) is 5.75 Å². The minimum absolute atomic E-state index is 0.164. The molecular weight excluding hydrogens is 386 g/mol. The molecule has 1 saturated carbocycles. The molecule has 4 nitrogen and oxygen atoms in total. The summed E-state index contributed by atoms with van der Waals surface area (Å²) in [6.45, 7) is 8.83. The van der Waals surface area contributed by atoms with Crippen molar-refractivity contribution in [3.05, 3.63) is 64.7 Å². The number of carbonyl (C=O) groups is 1. The predicted molar refractivity (Wildman–Crippen MR) is 122 cm³/mol. The van der Waals surface area contributed by atoms with Crippen molar-refractivity contribution in [2.75, 3.05) is 13.1 Å². The van der Waals surface area contributed by atoms with Crippen LogP contribution in [0.3, 0.4) is 0 Å². The van der Waals surface area contributed by atoms with Crippen LogP contribution in [0.4, 0.5) is 0 Å². The Bertz CT molecular complexity index is 1010. The third-order valence-electron chi connectivity index (χ3n) is 6.13. The van der Waals surface area contributed by atoms with E-state index in [1.165, 1.54) is 24.0 Å². The molecule has 1 unspecified atom stereocenters. The van der Waals surface area contributed by atoms with Gasteiger partial charge in [-0.15, -0.1) is 0 Å². The second kappa shape index (κ2) is 8.77. The van der Waals surface area contributed by atoms with Crippen LogP contribution >= 0.6 is 0 Å². The molecule has 4 rings (SSSR count). The summed E-state index contributed by atoms with van der Waals surface area (Å²) in [4.78, 5) is 13.5. The van der Waals surface area contributed by atoms with Gasteiger partial charge < -0.3 is 9.84 Å². The first-order valence-electron chi connectivity index (χ1n) is 11.2. The van der Waals surface area contributed by atoms with Gasteiger partial charge in [0.15, 0.2) is 0 Å². The monoisotopic (exact) mass is 417 g/mol. The van der Waals surface area contributed by atoms with Crippen molar-refractivity contribution in [2.45, 2.75) is 58.1 Å². The van der Waals surface area contributed by atoms with Crippen molar-refractivity contribution >= 4 is 5.97 Å². The molecule has 0 saturated heterocycles. The van der Waals surface area contributed by atoms with Gasteiger partial charge in [-0.3, -0.25) is 9.69 Å². The second-order valence-electron chi connectivity index (χ2n) is 9.47. The predicted octanol–water partition coefficient (Wildman–Crippen LogP) is 4.83. The number of ether oxygens (including phenoxy) is 1. The summed E-state index contributed by atoms with van der Waals surface area (Å²) < 4.78 is 5.69. The quantitative estimate of drug-likeness (QED) is 0.684. The van der Waals surface area contributed by atoms with E-state index in [1.807, 2.05) is 45.0 Å². The SMILES string of the molecule is CC(CC(=O)O)CN1Cc2ccc(C#Cc3ccc(OC(C)C)cc3)cc2C2(CC2)C1. The van der Waals surface area contributed by atoms with Crippen molar-refractivity contribution in [1.29, 1.82) is 0 Å². The molecule has 2 aromatic rings. The lowest BCUT2D eigenvalue weighted by atomic mass is 9.85. The molecule has 4 heteroatoms. The van der Waals surface area contributed by atoms with E-state index >= 15 is 0 Å². The summed E-state index contributed by atoms with van der Waals surface area (Å²) in [6, 6.07) is 14.5. The molecule has 2 aromatic carbocycles. The summed E-state index contributed by atoms with van der Waals surface area (Å²) in [7, 11) is 0. The number of carboxylic acid groups (broad SMARTS) is 1. The summed E-state index contributed by atoms with van der Waals surface area (Å²) in [5, 5.41) is 9.06. The summed E-state index contributed by atoms with van der Waals surface area (Å²) in [5.74, 6) is 6.93. The van der Waals surface area contributed by atoms with E-state index in [9.17, 15) is 4.79 Å². The number of nitrogens with zero attached hydrogens (tertiary/aromatic N) is 1. The maximum atomic E-state index is 11.0. The van der Waals surface area contributed by atoms with E-state index in [0.717, 1.165) is 36.5 Å². The Labute approximate surface area is 185 Å². The third kappa shape index (κ3) is 5.29. The Hall–Kier alpha value is -2.77. The first-order chi connectivity index (χ1) is 14.8. The van der Waals surface area contributed by atoms with E-state index in [0.29, 0.717) is 0 Å². The molecule has 0 bridgehead atoms. The smallest absolute Gasteiger partial charge is 0.303 e. The van der Waals surface area contributed by atoms with Gasteiger partial charge in [0.05, 0.1) is 6.10 Å². The van der Waals surface area contributed by atoms with Crippen LogP contribution in [0.1, 0.15) is 62.3 Å². The Morgan fingerprint density at radius 1 is 1.10 bits per heavy atom. The first-order valence-corrected chi connectivity index (χ1v) is 11.2. The molecule has 1 spiro atoms. The van der Waals surface area contributed by atoms with Crippen LogP contribution in [0.25, 0.3) is 0 Å².